The minimum Gasteiger partial charge on any atom is -0.435 e. The fourth-order valence-electron chi connectivity index (χ4n) is 2.22. The topological polar surface area (TPSA) is 66.5 Å². The van der Waals surface area contributed by atoms with E-state index in [1.54, 1.807) is 18.3 Å². The summed E-state index contributed by atoms with van der Waals surface area (Å²) in [5, 5.41) is 4.67. The maximum Gasteiger partial charge on any atom is 0.387 e. The van der Waals surface area contributed by atoms with E-state index in [2.05, 4.69) is 20.2 Å². The van der Waals surface area contributed by atoms with Gasteiger partial charge in [-0.15, -0.1) is 0 Å². The number of nitrogens with zero attached hydrogens (tertiary/aromatic N) is 1. The van der Waals surface area contributed by atoms with Crippen molar-refractivity contribution in [2.24, 2.45) is 5.10 Å². The number of amides is 1. The van der Waals surface area contributed by atoms with Gasteiger partial charge in [-0.2, -0.15) is 13.9 Å². The van der Waals surface area contributed by atoms with Gasteiger partial charge in [0.1, 0.15) is 5.75 Å². The van der Waals surface area contributed by atoms with Gasteiger partial charge in [-0.25, -0.2) is 5.43 Å². The number of fused-ring (bicyclic) bond motifs is 1. The highest BCUT2D eigenvalue weighted by atomic mass is 19.3. The molecule has 0 atom stereocenters. The minimum atomic E-state index is -2.86. The second-order valence-corrected chi connectivity index (χ2v) is 4.89. The molecule has 0 radical (unpaired) electrons. The second kappa shape index (κ2) is 6.91. The molecule has 24 heavy (non-hydrogen) atoms. The fourth-order valence-corrected chi connectivity index (χ4v) is 2.22. The highest BCUT2D eigenvalue weighted by molar-refractivity contribution is 6.06. The number of para-hydroxylation sites is 1. The van der Waals surface area contributed by atoms with Crippen molar-refractivity contribution in [1.82, 2.24) is 10.4 Å². The number of alkyl halides is 2. The highest BCUT2D eigenvalue weighted by Crippen LogP contribution is 2.17. The lowest BCUT2D eigenvalue weighted by Gasteiger charge is -2.03. The molecule has 0 aliphatic rings. The molecule has 1 amide bonds. The Kier molecular flexibility index (Phi) is 4.51. The van der Waals surface area contributed by atoms with Gasteiger partial charge in [0.2, 0.25) is 0 Å². The number of rotatable bonds is 5. The molecule has 0 spiro atoms. The Hall–Kier alpha value is -3.22. The summed E-state index contributed by atoms with van der Waals surface area (Å²) in [4.78, 5) is 15.1. The number of aromatic nitrogens is 1. The molecular formula is C17H13F2N3O2. The predicted octanol–water partition coefficient (Wildman–Crippen LogP) is 3.53. The summed E-state index contributed by atoms with van der Waals surface area (Å²) in [5.41, 5.74) is 4.42. The van der Waals surface area contributed by atoms with E-state index in [-0.39, 0.29) is 11.7 Å². The van der Waals surface area contributed by atoms with Crippen molar-refractivity contribution in [3.8, 4) is 5.75 Å². The smallest absolute Gasteiger partial charge is 0.387 e. The standard InChI is InChI=1S/C17H13F2N3O2/c18-17(19)24-12-7-5-11(6-8-12)9-21-22-16(23)14-10-20-15-4-2-1-3-13(14)15/h1-10,17,20H,(H,22,23)/b21-9-. The number of carbonyl (C=O) groups excluding carboxylic acids is 1. The van der Waals surface area contributed by atoms with E-state index in [0.717, 1.165) is 10.9 Å². The zero-order chi connectivity index (χ0) is 16.9. The average Bonchev–Trinajstić information content (AvgIpc) is 3.00. The normalized spacial score (nSPS) is 11.3. The first kappa shape index (κ1) is 15.7. The van der Waals surface area contributed by atoms with Crippen molar-refractivity contribution >= 4 is 23.0 Å². The summed E-state index contributed by atoms with van der Waals surface area (Å²) >= 11 is 0. The van der Waals surface area contributed by atoms with Crippen LogP contribution in [-0.4, -0.2) is 23.7 Å². The summed E-state index contributed by atoms with van der Waals surface area (Å²) in [5.74, 6) is -0.286. The molecule has 3 aromatic rings. The maximum atomic E-state index is 12.1. The van der Waals surface area contributed by atoms with E-state index in [4.69, 9.17) is 0 Å². The molecule has 5 nitrogen and oxygen atoms in total. The Bertz CT molecular complexity index is 873. The molecule has 0 saturated heterocycles. The van der Waals surface area contributed by atoms with E-state index in [0.29, 0.717) is 11.1 Å². The highest BCUT2D eigenvalue weighted by Gasteiger charge is 2.10. The third kappa shape index (κ3) is 3.57. The number of hydrazone groups is 1. The van der Waals surface area contributed by atoms with Gasteiger partial charge in [-0.3, -0.25) is 4.79 Å². The number of nitrogens with one attached hydrogen (secondary N) is 2. The Labute approximate surface area is 135 Å². The summed E-state index contributed by atoms with van der Waals surface area (Å²) < 4.78 is 28.4. The lowest BCUT2D eigenvalue weighted by atomic mass is 10.2. The van der Waals surface area contributed by atoms with Crippen LogP contribution < -0.4 is 10.2 Å². The van der Waals surface area contributed by atoms with Crippen LogP contribution in [0.5, 0.6) is 5.75 Å². The van der Waals surface area contributed by atoms with E-state index >= 15 is 0 Å². The number of H-pyrrole nitrogens is 1. The van der Waals surface area contributed by atoms with Crippen LogP contribution >= 0.6 is 0 Å². The molecule has 2 aromatic carbocycles. The Morgan fingerprint density at radius 1 is 1.17 bits per heavy atom. The average molecular weight is 329 g/mol. The zero-order valence-corrected chi connectivity index (χ0v) is 12.4. The van der Waals surface area contributed by atoms with Gasteiger partial charge in [0, 0.05) is 17.1 Å². The van der Waals surface area contributed by atoms with Crippen LogP contribution in [0.3, 0.4) is 0 Å². The van der Waals surface area contributed by atoms with Gasteiger partial charge in [0.05, 0.1) is 11.8 Å². The third-order valence-corrected chi connectivity index (χ3v) is 3.32. The van der Waals surface area contributed by atoms with E-state index in [9.17, 15) is 13.6 Å². The monoisotopic (exact) mass is 329 g/mol. The van der Waals surface area contributed by atoms with Gasteiger partial charge in [0.15, 0.2) is 0 Å². The molecule has 0 fully saturated rings. The molecule has 1 heterocycles. The number of halogens is 2. The Balaban J connectivity index is 1.64. The van der Waals surface area contributed by atoms with Crippen molar-refractivity contribution in [3.05, 3.63) is 65.9 Å². The van der Waals surface area contributed by atoms with Crippen LogP contribution in [0.1, 0.15) is 15.9 Å². The first-order valence-electron chi connectivity index (χ1n) is 7.08. The summed E-state index contributed by atoms with van der Waals surface area (Å²) in [6.45, 7) is -2.86. The molecular weight excluding hydrogens is 316 g/mol. The number of ether oxygens (including phenoxy) is 1. The number of aromatic amines is 1. The van der Waals surface area contributed by atoms with Crippen molar-refractivity contribution in [1.29, 1.82) is 0 Å². The summed E-state index contributed by atoms with van der Waals surface area (Å²) in [6, 6.07) is 13.3. The molecule has 122 valence electrons. The first-order valence-corrected chi connectivity index (χ1v) is 7.08. The Morgan fingerprint density at radius 2 is 1.92 bits per heavy atom. The van der Waals surface area contributed by atoms with E-state index in [1.807, 2.05) is 24.3 Å². The maximum absolute atomic E-state index is 12.1. The number of benzene rings is 2. The fraction of sp³-hybridized carbons (Fsp3) is 0.0588. The molecule has 7 heteroatoms. The SMILES string of the molecule is O=C(N/N=C\c1ccc(OC(F)F)cc1)c1c[nH]c2ccccc12. The van der Waals surface area contributed by atoms with Crippen LogP contribution in [-0.2, 0) is 0 Å². The summed E-state index contributed by atoms with van der Waals surface area (Å²) in [6.07, 6.45) is 3.03. The lowest BCUT2D eigenvalue weighted by Crippen LogP contribution is -2.17. The zero-order valence-electron chi connectivity index (χ0n) is 12.4. The van der Waals surface area contributed by atoms with Crippen LogP contribution in [0.25, 0.3) is 10.9 Å². The van der Waals surface area contributed by atoms with Crippen molar-refractivity contribution in [3.63, 3.8) is 0 Å². The van der Waals surface area contributed by atoms with Crippen LogP contribution in [0.2, 0.25) is 0 Å². The Morgan fingerprint density at radius 3 is 2.67 bits per heavy atom. The van der Waals surface area contributed by atoms with Gasteiger partial charge < -0.3 is 9.72 Å². The largest absolute Gasteiger partial charge is 0.435 e. The summed E-state index contributed by atoms with van der Waals surface area (Å²) in [7, 11) is 0. The minimum absolute atomic E-state index is 0.0602. The van der Waals surface area contributed by atoms with Crippen molar-refractivity contribution in [2.45, 2.75) is 6.61 Å². The number of carbonyl (C=O) groups is 1. The van der Waals surface area contributed by atoms with E-state index < -0.39 is 6.61 Å². The molecule has 2 N–H and O–H groups in total. The molecule has 0 unspecified atom stereocenters. The second-order valence-electron chi connectivity index (χ2n) is 4.89. The molecule has 0 saturated carbocycles. The molecule has 1 aromatic heterocycles. The predicted molar refractivity (Wildman–Crippen MR) is 86.4 cm³/mol. The molecule has 0 aliphatic heterocycles. The van der Waals surface area contributed by atoms with Gasteiger partial charge in [-0.05, 0) is 35.9 Å². The van der Waals surface area contributed by atoms with Gasteiger partial charge >= 0.3 is 6.61 Å². The number of hydrogen-bond acceptors (Lipinski definition) is 3. The quantitative estimate of drug-likeness (QED) is 0.555. The molecule has 3 rings (SSSR count). The molecule has 0 bridgehead atoms. The van der Waals surface area contributed by atoms with Crippen LogP contribution in [0, 0.1) is 0 Å². The van der Waals surface area contributed by atoms with Crippen LogP contribution in [0.15, 0.2) is 59.8 Å². The van der Waals surface area contributed by atoms with Gasteiger partial charge in [0.25, 0.3) is 5.91 Å². The van der Waals surface area contributed by atoms with Crippen LogP contribution in [0.4, 0.5) is 8.78 Å². The lowest BCUT2D eigenvalue weighted by molar-refractivity contribution is -0.0498. The van der Waals surface area contributed by atoms with Crippen molar-refractivity contribution < 1.29 is 18.3 Å². The van der Waals surface area contributed by atoms with E-state index in [1.165, 1.54) is 18.3 Å². The third-order valence-electron chi connectivity index (χ3n) is 3.32. The van der Waals surface area contributed by atoms with Crippen molar-refractivity contribution in [2.75, 3.05) is 0 Å². The number of hydrogen-bond donors (Lipinski definition) is 2. The first-order chi connectivity index (χ1) is 11.6. The van der Waals surface area contributed by atoms with Gasteiger partial charge in [-0.1, -0.05) is 18.2 Å². The molecule has 0 aliphatic carbocycles.